The molecule has 358 valence electrons. The van der Waals surface area contributed by atoms with Crippen molar-refractivity contribution >= 4 is 39.6 Å². The molecule has 2 aromatic rings. The SMILES string of the molecule is CO[C@H]([C@@H](C)C(=O)N[C@@H](Cc1ccccc1)C(=O)NS(=O)(=O)Cc1ccc(CN)cc1)[C@@H]1CCCN1C(=O)C[C@@H](OC)[C@H](C(C)C)N(C)C(=O)[C@@H](NC(=O)[C@H](C(C)C)N(C)C)C(C)C. The normalized spacial score (nSPS) is 17.7. The maximum atomic E-state index is 14.3. The van der Waals surface area contributed by atoms with Crippen molar-refractivity contribution in [2.75, 3.05) is 41.9 Å². The van der Waals surface area contributed by atoms with Gasteiger partial charge in [0.15, 0.2) is 0 Å². The van der Waals surface area contributed by atoms with E-state index >= 15 is 0 Å². The summed E-state index contributed by atoms with van der Waals surface area (Å²) in [6, 6.07) is 12.1. The van der Waals surface area contributed by atoms with Gasteiger partial charge in [-0.1, -0.05) is 103 Å². The molecule has 0 spiro atoms. The number of sulfonamides is 1. The molecule has 0 aromatic heterocycles. The number of ether oxygens (including phenoxy) is 2. The number of nitrogens with zero attached hydrogens (tertiary/aromatic N) is 3. The molecule has 17 heteroatoms. The van der Waals surface area contributed by atoms with E-state index in [2.05, 4.69) is 15.4 Å². The summed E-state index contributed by atoms with van der Waals surface area (Å²) in [6.07, 6.45) is -0.348. The molecule has 0 unspecified atom stereocenters. The zero-order valence-corrected chi connectivity index (χ0v) is 40.8. The van der Waals surface area contributed by atoms with Gasteiger partial charge in [0.2, 0.25) is 33.7 Å². The largest absolute Gasteiger partial charge is 0.379 e. The van der Waals surface area contributed by atoms with Crippen LogP contribution in [0, 0.1) is 23.7 Å². The van der Waals surface area contributed by atoms with Crippen molar-refractivity contribution in [3.8, 4) is 0 Å². The first-order chi connectivity index (χ1) is 30.1. The number of benzene rings is 2. The fraction of sp³-hybridized carbons (Fsp3) is 0.638. The van der Waals surface area contributed by atoms with Crippen molar-refractivity contribution in [2.45, 2.75) is 129 Å². The van der Waals surface area contributed by atoms with Gasteiger partial charge in [0, 0.05) is 40.8 Å². The van der Waals surface area contributed by atoms with Gasteiger partial charge < -0.3 is 35.6 Å². The minimum atomic E-state index is -4.16. The fourth-order valence-electron chi connectivity index (χ4n) is 8.91. The molecule has 16 nitrogen and oxygen atoms in total. The van der Waals surface area contributed by atoms with Crippen LogP contribution >= 0.6 is 0 Å². The van der Waals surface area contributed by atoms with Crippen molar-refractivity contribution in [1.82, 2.24) is 30.1 Å². The summed E-state index contributed by atoms with van der Waals surface area (Å²) in [4.78, 5) is 74.9. The maximum absolute atomic E-state index is 14.3. The molecule has 0 saturated carbocycles. The van der Waals surface area contributed by atoms with Crippen molar-refractivity contribution in [3.63, 3.8) is 0 Å². The summed E-state index contributed by atoms with van der Waals surface area (Å²) in [5.74, 6) is -3.87. The van der Waals surface area contributed by atoms with Crippen LogP contribution in [0.4, 0.5) is 0 Å². The predicted octanol–water partition coefficient (Wildman–Crippen LogP) is 3.08. The molecule has 5 N–H and O–H groups in total. The molecule has 64 heavy (non-hydrogen) atoms. The van der Waals surface area contributed by atoms with E-state index in [0.29, 0.717) is 37.1 Å². The summed E-state index contributed by atoms with van der Waals surface area (Å²) >= 11 is 0. The molecular formula is C47H75N7O9S. The lowest BCUT2D eigenvalue weighted by Crippen LogP contribution is -2.59. The van der Waals surface area contributed by atoms with E-state index in [9.17, 15) is 32.4 Å². The Labute approximate surface area is 381 Å². The monoisotopic (exact) mass is 914 g/mol. The average molecular weight is 914 g/mol. The smallest absolute Gasteiger partial charge is 0.256 e. The number of nitrogens with one attached hydrogen (secondary N) is 3. The molecule has 0 radical (unpaired) electrons. The lowest BCUT2D eigenvalue weighted by Gasteiger charge is -2.40. The van der Waals surface area contributed by atoms with Gasteiger partial charge in [-0.15, -0.1) is 0 Å². The van der Waals surface area contributed by atoms with E-state index in [-0.39, 0.29) is 48.3 Å². The Bertz CT molecular complexity index is 1940. The van der Waals surface area contributed by atoms with Gasteiger partial charge in [-0.25, -0.2) is 8.42 Å². The van der Waals surface area contributed by atoms with Gasteiger partial charge >= 0.3 is 0 Å². The van der Waals surface area contributed by atoms with Crippen molar-refractivity contribution in [2.24, 2.45) is 29.4 Å². The Morgan fingerprint density at radius 2 is 1.39 bits per heavy atom. The molecule has 1 aliphatic heterocycles. The predicted molar refractivity (Wildman–Crippen MR) is 248 cm³/mol. The first-order valence-electron chi connectivity index (χ1n) is 22.3. The summed E-state index contributed by atoms with van der Waals surface area (Å²) in [6.45, 7) is 14.0. The van der Waals surface area contributed by atoms with Crippen LogP contribution in [-0.4, -0.2) is 137 Å². The summed E-state index contributed by atoms with van der Waals surface area (Å²) in [5, 5.41) is 5.79. The number of carbonyl (C=O) groups is 5. The van der Waals surface area contributed by atoms with Crippen LogP contribution in [-0.2, 0) is 62.2 Å². The van der Waals surface area contributed by atoms with E-state index in [1.165, 1.54) is 14.2 Å². The number of likely N-dealkylation sites (tertiary alicyclic amines) is 1. The van der Waals surface area contributed by atoms with Crippen molar-refractivity contribution in [3.05, 3.63) is 71.3 Å². The minimum absolute atomic E-state index is 0.0126. The molecule has 1 aliphatic rings. The fourth-order valence-corrected chi connectivity index (χ4v) is 10.1. The van der Waals surface area contributed by atoms with E-state index in [1.54, 1.807) is 72.3 Å². The van der Waals surface area contributed by atoms with Gasteiger partial charge in [0.1, 0.15) is 12.1 Å². The molecule has 1 fully saturated rings. The van der Waals surface area contributed by atoms with Gasteiger partial charge in [-0.2, -0.15) is 0 Å². The summed E-state index contributed by atoms with van der Waals surface area (Å²) in [7, 11) is 4.17. The van der Waals surface area contributed by atoms with Gasteiger partial charge in [0.25, 0.3) is 5.91 Å². The maximum Gasteiger partial charge on any atom is 0.256 e. The van der Waals surface area contributed by atoms with Crippen molar-refractivity contribution in [1.29, 1.82) is 0 Å². The number of hydrogen-bond donors (Lipinski definition) is 4. The Balaban J connectivity index is 1.80. The highest BCUT2D eigenvalue weighted by Crippen LogP contribution is 2.29. The highest BCUT2D eigenvalue weighted by Gasteiger charge is 2.43. The third-order valence-corrected chi connectivity index (χ3v) is 13.4. The third kappa shape index (κ3) is 14.8. The standard InChI is InChI=1S/C47H75N7O9S/c1-29(2)40(50-46(58)42(31(5)6)52(8)9)47(59)53(10)41(30(3)4)38(62-11)26-39(55)54-24-16-19-37(54)43(63-12)32(7)44(56)49-36(25-33-17-14-13-15-18-33)45(57)51-64(60,61)28-35-22-20-34(27-48)21-23-35/h13-15,17-18,20-23,29-32,36-38,40-43H,16,19,24-28,48H2,1-12H3,(H,49,56)(H,50,58)(H,51,57)/t32-,36+,37+,38-,40+,41+,42+,43-/m1/s1. The van der Waals surface area contributed by atoms with Crippen LogP contribution in [0.15, 0.2) is 54.6 Å². The lowest BCUT2D eigenvalue weighted by atomic mass is 9.91. The molecule has 1 heterocycles. The van der Waals surface area contributed by atoms with E-state index in [1.807, 2.05) is 66.6 Å². The second-order valence-electron chi connectivity index (χ2n) is 18.3. The van der Waals surface area contributed by atoms with Crippen LogP contribution in [0.3, 0.4) is 0 Å². The van der Waals surface area contributed by atoms with E-state index in [0.717, 1.165) is 5.56 Å². The van der Waals surface area contributed by atoms with Crippen LogP contribution in [0.1, 0.15) is 84.4 Å². The Kier molecular flexibility index (Phi) is 20.9. The van der Waals surface area contributed by atoms with E-state index < -0.39 is 75.9 Å². The molecule has 8 atom stereocenters. The topological polar surface area (TPSA) is 210 Å². The number of rotatable bonds is 24. The van der Waals surface area contributed by atoms with Crippen molar-refractivity contribution < 1.29 is 41.9 Å². The minimum Gasteiger partial charge on any atom is -0.379 e. The van der Waals surface area contributed by atoms with Crippen LogP contribution in [0.5, 0.6) is 0 Å². The number of hydrogen-bond acceptors (Lipinski definition) is 11. The van der Waals surface area contributed by atoms with Gasteiger partial charge in [-0.05, 0) is 61.4 Å². The summed E-state index contributed by atoms with van der Waals surface area (Å²) < 4.78 is 40.5. The molecule has 5 amide bonds. The molecule has 1 saturated heterocycles. The number of carbonyl (C=O) groups excluding carboxylic acids is 5. The first kappa shape index (κ1) is 53.9. The Morgan fingerprint density at radius 1 is 0.781 bits per heavy atom. The van der Waals surface area contributed by atoms with Gasteiger partial charge in [0.05, 0.1) is 48.4 Å². The molecule has 3 rings (SSSR count). The van der Waals surface area contributed by atoms with Crippen LogP contribution in [0.2, 0.25) is 0 Å². The Hall–Kier alpha value is -4.42. The quantitative estimate of drug-likeness (QED) is 0.120. The highest BCUT2D eigenvalue weighted by atomic mass is 32.2. The van der Waals surface area contributed by atoms with Gasteiger partial charge in [-0.3, -0.25) is 33.6 Å². The zero-order valence-electron chi connectivity index (χ0n) is 40.0. The molecular weight excluding hydrogens is 839 g/mol. The molecule has 2 aromatic carbocycles. The average Bonchev–Trinajstić information content (AvgIpc) is 3.71. The van der Waals surface area contributed by atoms with Crippen LogP contribution in [0.25, 0.3) is 0 Å². The number of methoxy groups -OCH3 is 2. The summed E-state index contributed by atoms with van der Waals surface area (Å²) in [5.41, 5.74) is 7.67. The van der Waals surface area contributed by atoms with Crippen LogP contribution < -0.4 is 21.1 Å². The molecule has 0 bridgehead atoms. The highest BCUT2D eigenvalue weighted by molar-refractivity contribution is 7.89. The zero-order chi connectivity index (χ0) is 48.1. The molecule has 0 aliphatic carbocycles. The first-order valence-corrected chi connectivity index (χ1v) is 24.0. The number of nitrogens with two attached hydrogens (primary N) is 1. The lowest BCUT2D eigenvalue weighted by molar-refractivity contribution is -0.147. The second kappa shape index (κ2) is 24.8. The second-order valence-corrected chi connectivity index (χ2v) is 20.0. The van der Waals surface area contributed by atoms with E-state index in [4.69, 9.17) is 15.2 Å². The number of amides is 5. The Morgan fingerprint density at radius 3 is 1.91 bits per heavy atom. The third-order valence-electron chi connectivity index (χ3n) is 12.2. The number of likely N-dealkylation sites (N-methyl/N-ethyl adjacent to an activating group) is 2.